The summed E-state index contributed by atoms with van der Waals surface area (Å²) in [6, 6.07) is 12.4. The molecule has 0 radical (unpaired) electrons. The number of benzene rings is 2. The highest BCUT2D eigenvalue weighted by Gasteiger charge is 2.20. The molecule has 0 aliphatic carbocycles. The van der Waals surface area contributed by atoms with Crippen LogP contribution in [0.3, 0.4) is 0 Å². The summed E-state index contributed by atoms with van der Waals surface area (Å²) in [5.41, 5.74) is 4.86. The molecule has 0 bridgehead atoms. The van der Waals surface area contributed by atoms with Crippen LogP contribution in [0.4, 0.5) is 11.4 Å². The molecule has 2 aromatic carbocycles. The Hall–Kier alpha value is -3.61. The maximum atomic E-state index is 6.29. The number of aromatic nitrogens is 4. The van der Waals surface area contributed by atoms with E-state index < -0.39 is 0 Å². The summed E-state index contributed by atoms with van der Waals surface area (Å²) in [7, 11) is 1.90. The zero-order valence-electron chi connectivity index (χ0n) is 23.4. The van der Waals surface area contributed by atoms with Gasteiger partial charge in [-0.05, 0) is 66.2 Å². The van der Waals surface area contributed by atoms with Crippen LogP contribution in [-0.4, -0.2) is 37.5 Å². The van der Waals surface area contributed by atoms with E-state index >= 15 is 0 Å². The summed E-state index contributed by atoms with van der Waals surface area (Å²) in [6.07, 6.45) is 7.69. The number of hydrogen-bond acceptors (Lipinski definition) is 6. The standard InChI is InChI=1S/C30H39N5O2/c1-9-10-13-35(23-14-24(36-29(2,3)4)17-25(15-23)37-30(5,6)7)22-11-12-26-27(16-22)33-28(19-31-26)21-18-32-34(8)20-21/h11-12,14-20H,9-10,13H2,1-8H3. The van der Waals surface area contributed by atoms with Crippen LogP contribution in [0, 0.1) is 0 Å². The Morgan fingerprint density at radius 1 is 0.838 bits per heavy atom. The van der Waals surface area contributed by atoms with Crippen molar-refractivity contribution in [3.05, 3.63) is 55.0 Å². The molecule has 0 aliphatic rings. The van der Waals surface area contributed by atoms with Gasteiger partial charge in [0.05, 0.1) is 29.1 Å². The average molecular weight is 502 g/mol. The number of hydrogen-bond donors (Lipinski definition) is 0. The Bertz CT molecular complexity index is 1330. The molecule has 0 amide bonds. The lowest BCUT2D eigenvalue weighted by Gasteiger charge is -2.29. The molecule has 0 atom stereocenters. The van der Waals surface area contributed by atoms with Crippen LogP contribution in [0.2, 0.25) is 0 Å². The predicted octanol–water partition coefficient (Wildman–Crippen LogP) is 7.32. The summed E-state index contributed by atoms with van der Waals surface area (Å²) >= 11 is 0. The first-order valence-corrected chi connectivity index (χ1v) is 13.0. The fourth-order valence-corrected chi connectivity index (χ4v) is 4.12. The van der Waals surface area contributed by atoms with Gasteiger partial charge in [-0.25, -0.2) is 4.98 Å². The van der Waals surface area contributed by atoms with Crippen LogP contribution in [0.1, 0.15) is 61.3 Å². The molecule has 4 aromatic rings. The Balaban J connectivity index is 1.79. The first kappa shape index (κ1) is 26.5. The van der Waals surface area contributed by atoms with Gasteiger partial charge in [0, 0.05) is 54.9 Å². The van der Waals surface area contributed by atoms with Crippen molar-refractivity contribution in [2.75, 3.05) is 11.4 Å². The zero-order valence-corrected chi connectivity index (χ0v) is 23.4. The normalized spacial score (nSPS) is 12.1. The van der Waals surface area contributed by atoms with Gasteiger partial charge < -0.3 is 14.4 Å². The zero-order chi connectivity index (χ0) is 26.8. The van der Waals surface area contributed by atoms with Crippen molar-refractivity contribution in [3.8, 4) is 22.8 Å². The second-order valence-electron chi connectivity index (χ2n) is 11.4. The van der Waals surface area contributed by atoms with Gasteiger partial charge in [0.15, 0.2) is 0 Å². The first-order chi connectivity index (χ1) is 17.4. The van der Waals surface area contributed by atoms with Gasteiger partial charge in [-0.2, -0.15) is 5.10 Å². The van der Waals surface area contributed by atoms with Crippen LogP contribution in [-0.2, 0) is 7.05 Å². The lowest BCUT2D eigenvalue weighted by Crippen LogP contribution is -2.25. The Morgan fingerprint density at radius 3 is 2.08 bits per heavy atom. The lowest BCUT2D eigenvalue weighted by molar-refractivity contribution is 0.121. The number of anilines is 2. The van der Waals surface area contributed by atoms with Gasteiger partial charge in [0.1, 0.15) is 22.7 Å². The van der Waals surface area contributed by atoms with E-state index in [9.17, 15) is 0 Å². The maximum absolute atomic E-state index is 6.29. The Labute approximate surface area is 220 Å². The molecule has 37 heavy (non-hydrogen) atoms. The fourth-order valence-electron chi connectivity index (χ4n) is 4.12. The van der Waals surface area contributed by atoms with Crippen LogP contribution >= 0.6 is 0 Å². The SMILES string of the molecule is CCCCN(c1cc(OC(C)(C)C)cc(OC(C)(C)C)c1)c1ccc2ncc(-c3cnn(C)c3)nc2c1. The largest absolute Gasteiger partial charge is 0.488 e. The first-order valence-electron chi connectivity index (χ1n) is 13.0. The third-order valence-corrected chi connectivity index (χ3v) is 5.60. The molecule has 0 saturated carbocycles. The molecule has 0 N–H and O–H groups in total. The molecule has 2 aromatic heterocycles. The quantitative estimate of drug-likeness (QED) is 0.252. The molecule has 4 rings (SSSR count). The lowest BCUT2D eigenvalue weighted by atomic mass is 10.1. The summed E-state index contributed by atoms with van der Waals surface area (Å²) in [5, 5.41) is 4.28. The van der Waals surface area contributed by atoms with E-state index in [4.69, 9.17) is 14.5 Å². The number of nitrogens with zero attached hydrogens (tertiary/aromatic N) is 5. The topological polar surface area (TPSA) is 65.3 Å². The summed E-state index contributed by atoms with van der Waals surface area (Å²) < 4.78 is 14.3. The predicted molar refractivity (Wildman–Crippen MR) is 151 cm³/mol. The second-order valence-corrected chi connectivity index (χ2v) is 11.4. The van der Waals surface area contributed by atoms with Gasteiger partial charge in [-0.15, -0.1) is 0 Å². The third kappa shape index (κ3) is 7.00. The Morgan fingerprint density at radius 2 is 1.51 bits per heavy atom. The van der Waals surface area contributed by atoms with Crippen molar-refractivity contribution in [1.29, 1.82) is 0 Å². The highest BCUT2D eigenvalue weighted by molar-refractivity contribution is 5.82. The monoisotopic (exact) mass is 501 g/mol. The van der Waals surface area contributed by atoms with Gasteiger partial charge in [-0.3, -0.25) is 9.67 Å². The molecular formula is C30H39N5O2. The van der Waals surface area contributed by atoms with Crippen LogP contribution in [0.5, 0.6) is 11.5 Å². The average Bonchev–Trinajstić information content (AvgIpc) is 3.22. The molecule has 7 heteroatoms. The minimum absolute atomic E-state index is 0.326. The molecule has 0 fully saturated rings. The maximum Gasteiger partial charge on any atom is 0.125 e. The van der Waals surface area contributed by atoms with Crippen LogP contribution < -0.4 is 14.4 Å². The van der Waals surface area contributed by atoms with Gasteiger partial charge in [0.25, 0.3) is 0 Å². The molecule has 0 aliphatic heterocycles. The number of aryl methyl sites for hydroxylation is 1. The molecule has 2 heterocycles. The number of ether oxygens (including phenoxy) is 2. The van der Waals surface area contributed by atoms with Crippen molar-refractivity contribution < 1.29 is 9.47 Å². The molecule has 0 spiro atoms. The highest BCUT2D eigenvalue weighted by Crippen LogP contribution is 2.36. The van der Waals surface area contributed by atoms with E-state index in [0.717, 1.165) is 64.6 Å². The molecule has 196 valence electrons. The van der Waals surface area contributed by atoms with E-state index in [-0.39, 0.29) is 11.2 Å². The number of unbranched alkanes of at least 4 members (excludes halogenated alkanes) is 1. The van der Waals surface area contributed by atoms with E-state index in [1.807, 2.05) is 31.6 Å². The van der Waals surface area contributed by atoms with Crippen molar-refractivity contribution >= 4 is 22.4 Å². The molecule has 0 saturated heterocycles. The molecule has 7 nitrogen and oxygen atoms in total. The van der Waals surface area contributed by atoms with Crippen LogP contribution in [0.25, 0.3) is 22.3 Å². The van der Waals surface area contributed by atoms with Crippen LogP contribution in [0.15, 0.2) is 55.0 Å². The van der Waals surface area contributed by atoms with E-state index in [0.29, 0.717) is 0 Å². The molecule has 0 unspecified atom stereocenters. The van der Waals surface area contributed by atoms with Crippen molar-refractivity contribution in [2.45, 2.75) is 72.5 Å². The highest BCUT2D eigenvalue weighted by atomic mass is 16.5. The summed E-state index contributed by atoms with van der Waals surface area (Å²) in [4.78, 5) is 11.9. The fraction of sp³-hybridized carbons (Fsp3) is 0.433. The summed E-state index contributed by atoms with van der Waals surface area (Å²) in [6.45, 7) is 15.4. The van der Waals surface area contributed by atoms with E-state index in [2.05, 4.69) is 87.7 Å². The van der Waals surface area contributed by atoms with Crippen molar-refractivity contribution in [1.82, 2.24) is 19.7 Å². The molecular weight excluding hydrogens is 462 g/mol. The van der Waals surface area contributed by atoms with Gasteiger partial charge in [0.2, 0.25) is 0 Å². The third-order valence-electron chi connectivity index (χ3n) is 5.60. The minimum atomic E-state index is -0.326. The van der Waals surface area contributed by atoms with Crippen molar-refractivity contribution in [3.63, 3.8) is 0 Å². The Kier molecular flexibility index (Phi) is 7.44. The van der Waals surface area contributed by atoms with Gasteiger partial charge >= 0.3 is 0 Å². The smallest absolute Gasteiger partial charge is 0.125 e. The number of fused-ring (bicyclic) bond motifs is 1. The van der Waals surface area contributed by atoms with E-state index in [1.54, 1.807) is 10.9 Å². The summed E-state index contributed by atoms with van der Waals surface area (Å²) in [5.74, 6) is 1.57. The van der Waals surface area contributed by atoms with E-state index in [1.165, 1.54) is 0 Å². The van der Waals surface area contributed by atoms with Gasteiger partial charge in [-0.1, -0.05) is 13.3 Å². The second kappa shape index (κ2) is 10.4. The minimum Gasteiger partial charge on any atom is -0.488 e. The van der Waals surface area contributed by atoms with Crippen molar-refractivity contribution in [2.24, 2.45) is 7.05 Å². The number of rotatable bonds is 8.